The van der Waals surface area contributed by atoms with E-state index in [1.165, 1.54) is 0 Å². The first-order valence-corrected chi connectivity index (χ1v) is 5.38. The Morgan fingerprint density at radius 3 is 2.94 bits per heavy atom. The van der Waals surface area contributed by atoms with Gasteiger partial charge >= 0.3 is 5.97 Å². The van der Waals surface area contributed by atoms with Crippen molar-refractivity contribution in [1.82, 2.24) is 15.2 Å². The molecule has 0 bridgehead atoms. The third-order valence-electron chi connectivity index (χ3n) is 2.45. The van der Waals surface area contributed by atoms with Crippen LogP contribution in [0.25, 0.3) is 11.4 Å². The Morgan fingerprint density at radius 1 is 1.50 bits per heavy atom. The van der Waals surface area contributed by atoms with Gasteiger partial charge in [0, 0.05) is 0 Å². The fraction of sp³-hybridized carbons (Fsp3) is 0.250. The van der Waals surface area contributed by atoms with Gasteiger partial charge in [-0.15, -0.1) is 0 Å². The molecular formula is C12H13N3O3. The second-order valence-electron chi connectivity index (χ2n) is 3.88. The Bertz CT molecular complexity index is 578. The Kier molecular flexibility index (Phi) is 3.27. The highest BCUT2D eigenvalue weighted by Crippen LogP contribution is 2.28. The summed E-state index contributed by atoms with van der Waals surface area (Å²) in [5.41, 5.74) is 1.80. The summed E-state index contributed by atoms with van der Waals surface area (Å²) in [6.07, 6.45) is -0.179. The van der Waals surface area contributed by atoms with Gasteiger partial charge in [0.15, 0.2) is 5.82 Å². The lowest BCUT2D eigenvalue weighted by Gasteiger charge is -2.05. The fourth-order valence-corrected chi connectivity index (χ4v) is 1.62. The van der Waals surface area contributed by atoms with E-state index in [4.69, 9.17) is 9.84 Å². The third kappa shape index (κ3) is 2.48. The number of carboxylic acid groups (broad SMARTS) is 1. The van der Waals surface area contributed by atoms with Crippen molar-refractivity contribution in [3.05, 3.63) is 29.6 Å². The number of nitrogens with zero attached hydrogens (tertiary/aromatic N) is 2. The number of rotatable bonds is 4. The number of aromatic amines is 1. The molecule has 1 aromatic heterocycles. The van der Waals surface area contributed by atoms with E-state index < -0.39 is 5.97 Å². The smallest absolute Gasteiger partial charge is 0.311 e. The van der Waals surface area contributed by atoms with Crippen molar-refractivity contribution in [2.45, 2.75) is 13.3 Å². The lowest BCUT2D eigenvalue weighted by Crippen LogP contribution is -2.01. The quantitative estimate of drug-likeness (QED) is 0.852. The largest absolute Gasteiger partial charge is 0.496 e. The summed E-state index contributed by atoms with van der Waals surface area (Å²) >= 11 is 0. The van der Waals surface area contributed by atoms with Crippen molar-refractivity contribution in [3.63, 3.8) is 0 Å². The molecule has 0 aliphatic heterocycles. The Hall–Kier alpha value is -2.37. The minimum atomic E-state index is -0.950. The molecule has 2 rings (SSSR count). The van der Waals surface area contributed by atoms with Crippen LogP contribution in [0.3, 0.4) is 0 Å². The fourth-order valence-electron chi connectivity index (χ4n) is 1.62. The minimum Gasteiger partial charge on any atom is -0.496 e. The van der Waals surface area contributed by atoms with Crippen LogP contribution in [-0.2, 0) is 11.2 Å². The van der Waals surface area contributed by atoms with Gasteiger partial charge in [-0.3, -0.25) is 9.89 Å². The molecule has 2 aromatic rings. The monoisotopic (exact) mass is 247 g/mol. The van der Waals surface area contributed by atoms with Gasteiger partial charge in [0.2, 0.25) is 0 Å². The standard InChI is InChI=1S/C12H13N3O3/c1-7-3-4-8(9(5-7)18-2)12-13-10(14-15-12)6-11(16)17/h3-5H,6H2,1-2H3,(H,16,17)(H,13,14,15). The summed E-state index contributed by atoms with van der Waals surface area (Å²) in [7, 11) is 1.57. The van der Waals surface area contributed by atoms with Crippen molar-refractivity contribution in [1.29, 1.82) is 0 Å². The number of aliphatic carboxylic acids is 1. The zero-order valence-corrected chi connectivity index (χ0v) is 10.1. The molecule has 1 aromatic carbocycles. The second-order valence-corrected chi connectivity index (χ2v) is 3.88. The Morgan fingerprint density at radius 2 is 2.28 bits per heavy atom. The maximum atomic E-state index is 10.6. The Balaban J connectivity index is 2.36. The first-order valence-electron chi connectivity index (χ1n) is 5.38. The molecule has 0 saturated carbocycles. The number of hydrogen-bond acceptors (Lipinski definition) is 4. The molecule has 0 spiro atoms. The molecule has 6 nitrogen and oxygen atoms in total. The summed E-state index contributed by atoms with van der Waals surface area (Å²) < 4.78 is 5.26. The first-order chi connectivity index (χ1) is 8.60. The molecule has 6 heteroatoms. The second kappa shape index (κ2) is 4.87. The van der Waals surface area contributed by atoms with Crippen LogP contribution in [-0.4, -0.2) is 33.4 Å². The number of hydrogen-bond donors (Lipinski definition) is 2. The minimum absolute atomic E-state index is 0.179. The topological polar surface area (TPSA) is 88.1 Å². The highest BCUT2D eigenvalue weighted by atomic mass is 16.5. The van der Waals surface area contributed by atoms with E-state index in [1.54, 1.807) is 7.11 Å². The Labute approximate surface area is 104 Å². The van der Waals surface area contributed by atoms with E-state index in [9.17, 15) is 4.79 Å². The molecule has 1 heterocycles. The molecule has 2 N–H and O–H groups in total. The highest BCUT2D eigenvalue weighted by Gasteiger charge is 2.12. The van der Waals surface area contributed by atoms with Gasteiger partial charge in [0.1, 0.15) is 18.0 Å². The van der Waals surface area contributed by atoms with Crippen LogP contribution in [0.4, 0.5) is 0 Å². The molecule has 0 radical (unpaired) electrons. The molecule has 0 aliphatic carbocycles. The average molecular weight is 247 g/mol. The van der Waals surface area contributed by atoms with Crippen LogP contribution in [0.15, 0.2) is 18.2 Å². The zero-order chi connectivity index (χ0) is 13.1. The molecule has 0 amide bonds. The lowest BCUT2D eigenvalue weighted by atomic mass is 10.1. The summed E-state index contributed by atoms with van der Waals surface area (Å²) in [4.78, 5) is 14.7. The van der Waals surface area contributed by atoms with Gasteiger partial charge in [-0.1, -0.05) is 6.07 Å². The van der Waals surface area contributed by atoms with E-state index in [2.05, 4.69) is 15.2 Å². The summed E-state index contributed by atoms with van der Waals surface area (Å²) in [5, 5.41) is 15.3. The summed E-state index contributed by atoms with van der Waals surface area (Å²) in [6, 6.07) is 5.65. The highest BCUT2D eigenvalue weighted by molar-refractivity contribution is 5.70. The first kappa shape index (κ1) is 12.1. The van der Waals surface area contributed by atoms with E-state index >= 15 is 0 Å². The number of H-pyrrole nitrogens is 1. The van der Waals surface area contributed by atoms with Gasteiger partial charge in [-0.2, -0.15) is 5.10 Å². The molecule has 18 heavy (non-hydrogen) atoms. The predicted octanol–water partition coefficient (Wildman–Crippen LogP) is 1.42. The van der Waals surface area contributed by atoms with Crippen molar-refractivity contribution >= 4 is 5.97 Å². The number of aromatic nitrogens is 3. The normalized spacial score (nSPS) is 10.3. The summed E-state index contributed by atoms with van der Waals surface area (Å²) in [6.45, 7) is 1.96. The molecule has 0 unspecified atom stereocenters. The average Bonchev–Trinajstić information content (AvgIpc) is 2.76. The van der Waals surface area contributed by atoms with Crippen molar-refractivity contribution < 1.29 is 14.6 Å². The molecule has 0 aliphatic rings. The number of nitrogens with one attached hydrogen (secondary N) is 1. The van der Waals surface area contributed by atoms with Crippen LogP contribution in [0.5, 0.6) is 5.75 Å². The van der Waals surface area contributed by atoms with Gasteiger partial charge < -0.3 is 9.84 Å². The van der Waals surface area contributed by atoms with Crippen molar-refractivity contribution in [2.24, 2.45) is 0 Å². The van der Waals surface area contributed by atoms with Gasteiger partial charge in [0.25, 0.3) is 0 Å². The van der Waals surface area contributed by atoms with Gasteiger partial charge in [0.05, 0.1) is 12.7 Å². The van der Waals surface area contributed by atoms with Gasteiger partial charge in [-0.05, 0) is 24.6 Å². The van der Waals surface area contributed by atoms with Crippen molar-refractivity contribution in [3.8, 4) is 17.1 Å². The molecule has 94 valence electrons. The van der Waals surface area contributed by atoms with E-state index in [-0.39, 0.29) is 6.42 Å². The maximum absolute atomic E-state index is 10.6. The molecular weight excluding hydrogens is 234 g/mol. The number of methoxy groups -OCH3 is 1. The lowest BCUT2D eigenvalue weighted by molar-refractivity contribution is -0.136. The van der Waals surface area contributed by atoms with Crippen LogP contribution in [0.2, 0.25) is 0 Å². The number of benzene rings is 1. The van der Waals surface area contributed by atoms with Crippen LogP contribution >= 0.6 is 0 Å². The van der Waals surface area contributed by atoms with Crippen LogP contribution < -0.4 is 4.74 Å². The number of carbonyl (C=O) groups is 1. The van der Waals surface area contributed by atoms with E-state index in [0.29, 0.717) is 17.4 Å². The summed E-state index contributed by atoms with van der Waals surface area (Å²) in [5.74, 6) is 0.465. The molecule has 0 fully saturated rings. The van der Waals surface area contributed by atoms with Gasteiger partial charge in [-0.25, -0.2) is 4.98 Å². The van der Waals surface area contributed by atoms with Crippen LogP contribution in [0.1, 0.15) is 11.4 Å². The SMILES string of the molecule is COc1cc(C)ccc1-c1n[nH]c(CC(=O)O)n1. The number of aryl methyl sites for hydroxylation is 1. The predicted molar refractivity (Wildman–Crippen MR) is 64.4 cm³/mol. The molecule has 0 saturated heterocycles. The third-order valence-corrected chi connectivity index (χ3v) is 2.45. The van der Waals surface area contributed by atoms with Crippen LogP contribution in [0, 0.1) is 6.92 Å². The number of carboxylic acids is 1. The van der Waals surface area contributed by atoms with E-state index in [1.807, 2.05) is 25.1 Å². The van der Waals surface area contributed by atoms with Crippen molar-refractivity contribution in [2.75, 3.05) is 7.11 Å². The van der Waals surface area contributed by atoms with E-state index in [0.717, 1.165) is 11.1 Å². The number of ether oxygens (including phenoxy) is 1. The maximum Gasteiger partial charge on any atom is 0.311 e. The molecule has 0 atom stereocenters. The zero-order valence-electron chi connectivity index (χ0n) is 10.1.